The van der Waals surface area contributed by atoms with Gasteiger partial charge in [0, 0.05) is 5.56 Å². The van der Waals surface area contributed by atoms with E-state index in [1.807, 2.05) is 0 Å². The van der Waals surface area contributed by atoms with Crippen molar-refractivity contribution in [3.05, 3.63) is 82.1 Å². The van der Waals surface area contributed by atoms with Crippen molar-refractivity contribution in [2.24, 2.45) is 5.10 Å². The average molecular weight is 479 g/mol. The molecule has 0 unspecified atom stereocenters. The highest BCUT2D eigenvalue weighted by molar-refractivity contribution is 6.33. The third kappa shape index (κ3) is 4.49. The van der Waals surface area contributed by atoms with Crippen LogP contribution in [0.5, 0.6) is 0 Å². The number of hydrogen-bond donors (Lipinski definition) is 1. The number of esters is 1. The SMILES string of the molecule is CCOC(=O)c1cccc(N2N=C(C)/C(=C/c3ccc(-c4ccc(Cl)c(C(=O)O)c4)o3)C2=O)c1. The highest BCUT2D eigenvalue weighted by atomic mass is 35.5. The molecule has 0 saturated heterocycles. The number of rotatable bonds is 6. The first-order valence-electron chi connectivity index (χ1n) is 10.3. The van der Waals surface area contributed by atoms with Crippen LogP contribution in [0.1, 0.15) is 40.3 Å². The number of ether oxygens (including phenoxy) is 1. The predicted molar refractivity (Wildman–Crippen MR) is 127 cm³/mol. The van der Waals surface area contributed by atoms with Gasteiger partial charge in [0.05, 0.1) is 39.7 Å². The van der Waals surface area contributed by atoms with E-state index in [4.69, 9.17) is 20.8 Å². The van der Waals surface area contributed by atoms with Gasteiger partial charge < -0.3 is 14.3 Å². The number of hydrazone groups is 1. The van der Waals surface area contributed by atoms with E-state index < -0.39 is 11.9 Å². The molecule has 34 heavy (non-hydrogen) atoms. The smallest absolute Gasteiger partial charge is 0.338 e. The number of aromatic carboxylic acids is 1. The zero-order valence-electron chi connectivity index (χ0n) is 18.2. The largest absolute Gasteiger partial charge is 0.478 e. The second kappa shape index (κ2) is 9.36. The van der Waals surface area contributed by atoms with Gasteiger partial charge in [-0.05, 0) is 68.5 Å². The van der Waals surface area contributed by atoms with Crippen LogP contribution in [0.25, 0.3) is 17.4 Å². The Hall–Kier alpha value is -4.17. The van der Waals surface area contributed by atoms with E-state index in [1.54, 1.807) is 62.4 Å². The van der Waals surface area contributed by atoms with Crippen molar-refractivity contribution in [2.45, 2.75) is 13.8 Å². The van der Waals surface area contributed by atoms with Crippen LogP contribution in [-0.2, 0) is 9.53 Å². The van der Waals surface area contributed by atoms with Crippen molar-refractivity contribution in [3.63, 3.8) is 0 Å². The number of amides is 1. The van der Waals surface area contributed by atoms with Crippen molar-refractivity contribution in [3.8, 4) is 11.3 Å². The van der Waals surface area contributed by atoms with Gasteiger partial charge in [0.2, 0.25) is 0 Å². The van der Waals surface area contributed by atoms with Crippen molar-refractivity contribution in [1.29, 1.82) is 0 Å². The van der Waals surface area contributed by atoms with Gasteiger partial charge in [0.1, 0.15) is 11.5 Å². The Morgan fingerprint density at radius 1 is 1.18 bits per heavy atom. The third-order valence-electron chi connectivity index (χ3n) is 5.06. The van der Waals surface area contributed by atoms with Crippen LogP contribution in [0, 0.1) is 0 Å². The number of carboxylic acids is 1. The number of carboxylic acid groups (broad SMARTS) is 1. The Bertz CT molecular complexity index is 1370. The van der Waals surface area contributed by atoms with Gasteiger partial charge in [-0.1, -0.05) is 17.7 Å². The van der Waals surface area contributed by atoms with Gasteiger partial charge in [0.15, 0.2) is 0 Å². The molecule has 0 aliphatic carbocycles. The van der Waals surface area contributed by atoms with Crippen LogP contribution >= 0.6 is 11.6 Å². The molecule has 2 aromatic carbocycles. The second-order valence-electron chi connectivity index (χ2n) is 7.33. The molecular weight excluding hydrogens is 460 g/mol. The van der Waals surface area contributed by atoms with E-state index in [9.17, 15) is 19.5 Å². The lowest BCUT2D eigenvalue weighted by Gasteiger charge is -2.12. The highest BCUT2D eigenvalue weighted by Crippen LogP contribution is 2.30. The third-order valence-corrected chi connectivity index (χ3v) is 5.39. The standard InChI is InChI=1S/C25H19ClN2O6/c1-3-33-25(32)16-5-4-6-17(11-16)28-23(29)19(14(2)27-28)13-18-8-10-22(34-18)15-7-9-21(26)20(12-15)24(30)31/h4-13H,3H2,1-2H3,(H,30,31)/b19-13-. The fraction of sp³-hybridized carbons (Fsp3) is 0.120. The number of carbonyl (C=O) groups excluding carboxylic acids is 2. The molecule has 1 N–H and O–H groups in total. The molecule has 4 rings (SSSR count). The maximum absolute atomic E-state index is 13.1. The highest BCUT2D eigenvalue weighted by Gasteiger charge is 2.29. The number of nitrogens with zero attached hydrogens (tertiary/aromatic N) is 2. The Labute approximate surface area is 199 Å². The molecule has 0 atom stereocenters. The number of halogens is 1. The summed E-state index contributed by atoms with van der Waals surface area (Å²) < 4.78 is 10.8. The monoisotopic (exact) mass is 478 g/mol. The Morgan fingerprint density at radius 3 is 2.71 bits per heavy atom. The minimum absolute atomic E-state index is 0.0369. The topological polar surface area (TPSA) is 109 Å². The summed E-state index contributed by atoms with van der Waals surface area (Å²) in [5.41, 5.74) is 2.05. The zero-order chi connectivity index (χ0) is 24.4. The van der Waals surface area contributed by atoms with E-state index in [-0.39, 0.29) is 23.1 Å². The van der Waals surface area contributed by atoms with Crippen LogP contribution < -0.4 is 5.01 Å². The van der Waals surface area contributed by atoms with Crippen LogP contribution in [0.15, 0.2) is 69.7 Å². The molecular formula is C25H19ClN2O6. The number of furan rings is 1. The summed E-state index contributed by atoms with van der Waals surface area (Å²) in [6.45, 7) is 3.66. The number of hydrogen-bond acceptors (Lipinski definition) is 6. The molecule has 1 aromatic heterocycles. The van der Waals surface area contributed by atoms with Gasteiger partial charge in [-0.2, -0.15) is 10.1 Å². The molecule has 0 bridgehead atoms. The molecule has 8 nitrogen and oxygen atoms in total. The first-order chi connectivity index (χ1) is 16.3. The summed E-state index contributed by atoms with van der Waals surface area (Å²) in [6.07, 6.45) is 1.56. The number of benzene rings is 2. The number of carbonyl (C=O) groups is 3. The van der Waals surface area contributed by atoms with Gasteiger partial charge in [0.25, 0.3) is 5.91 Å². The minimum atomic E-state index is -1.14. The maximum atomic E-state index is 13.1. The second-order valence-corrected chi connectivity index (χ2v) is 7.74. The van der Waals surface area contributed by atoms with E-state index in [0.29, 0.717) is 39.6 Å². The van der Waals surface area contributed by atoms with E-state index in [0.717, 1.165) is 0 Å². The zero-order valence-corrected chi connectivity index (χ0v) is 19.0. The van der Waals surface area contributed by atoms with E-state index in [1.165, 1.54) is 17.1 Å². The van der Waals surface area contributed by atoms with Crippen molar-refractivity contribution in [1.82, 2.24) is 0 Å². The first-order valence-corrected chi connectivity index (χ1v) is 10.7. The molecule has 3 aromatic rings. The molecule has 172 valence electrons. The average Bonchev–Trinajstić information content (AvgIpc) is 3.40. The summed E-state index contributed by atoms with van der Waals surface area (Å²) in [6, 6.07) is 14.4. The molecule has 0 spiro atoms. The molecule has 9 heteroatoms. The predicted octanol–water partition coefficient (Wildman–Crippen LogP) is 5.28. The number of anilines is 1. The lowest BCUT2D eigenvalue weighted by Crippen LogP contribution is -2.21. The fourth-order valence-corrected chi connectivity index (χ4v) is 3.61. The van der Waals surface area contributed by atoms with E-state index in [2.05, 4.69) is 5.10 Å². The molecule has 1 amide bonds. The van der Waals surface area contributed by atoms with Gasteiger partial charge in [-0.3, -0.25) is 4.79 Å². The van der Waals surface area contributed by atoms with Gasteiger partial charge in [-0.25, -0.2) is 9.59 Å². The Balaban J connectivity index is 1.60. The van der Waals surface area contributed by atoms with Crippen LogP contribution in [0.4, 0.5) is 5.69 Å². The van der Waals surface area contributed by atoms with Gasteiger partial charge >= 0.3 is 11.9 Å². The quantitative estimate of drug-likeness (QED) is 0.381. The van der Waals surface area contributed by atoms with Crippen molar-refractivity contribution < 1.29 is 28.6 Å². The van der Waals surface area contributed by atoms with Crippen LogP contribution in [-0.4, -0.2) is 35.3 Å². The minimum Gasteiger partial charge on any atom is -0.478 e. The summed E-state index contributed by atoms with van der Waals surface area (Å²) in [5, 5.41) is 14.9. The summed E-state index contributed by atoms with van der Waals surface area (Å²) >= 11 is 5.93. The lowest BCUT2D eigenvalue weighted by atomic mass is 10.1. The molecule has 0 saturated carbocycles. The summed E-state index contributed by atoms with van der Waals surface area (Å²) in [4.78, 5) is 36.4. The normalized spacial score (nSPS) is 14.4. The molecule has 0 fully saturated rings. The van der Waals surface area contributed by atoms with Gasteiger partial charge in [-0.15, -0.1) is 0 Å². The van der Waals surface area contributed by atoms with Crippen molar-refractivity contribution in [2.75, 3.05) is 11.6 Å². The molecule has 0 radical (unpaired) electrons. The Kier molecular flexibility index (Phi) is 6.34. The Morgan fingerprint density at radius 2 is 1.97 bits per heavy atom. The molecule has 1 aliphatic heterocycles. The molecule has 1 aliphatic rings. The van der Waals surface area contributed by atoms with Crippen LogP contribution in [0.3, 0.4) is 0 Å². The van der Waals surface area contributed by atoms with E-state index >= 15 is 0 Å². The fourth-order valence-electron chi connectivity index (χ4n) is 3.41. The van der Waals surface area contributed by atoms with Crippen molar-refractivity contribution >= 4 is 46.9 Å². The summed E-state index contributed by atoms with van der Waals surface area (Å²) in [5.74, 6) is -1.19. The van der Waals surface area contributed by atoms with Crippen LogP contribution in [0.2, 0.25) is 5.02 Å². The maximum Gasteiger partial charge on any atom is 0.338 e. The molecule has 2 heterocycles. The first kappa shape index (κ1) is 23.0. The lowest BCUT2D eigenvalue weighted by molar-refractivity contribution is -0.114. The summed E-state index contributed by atoms with van der Waals surface area (Å²) in [7, 11) is 0.